The minimum absolute atomic E-state index is 0.0838. The second-order valence-electron chi connectivity index (χ2n) is 17.3. The molecule has 3 aliphatic heterocycles. The van der Waals surface area contributed by atoms with Gasteiger partial charge >= 0.3 is 12.1 Å². The molecular weight excluding hydrogens is 761 g/mol. The average Bonchev–Trinajstić information content (AvgIpc) is 3.77. The second kappa shape index (κ2) is 18.6. The minimum atomic E-state index is -1.45. The molecule has 3 aliphatic rings. The number of aromatic nitrogens is 3. The molecule has 0 radical (unpaired) electrons. The summed E-state index contributed by atoms with van der Waals surface area (Å²) in [5.41, 5.74) is 5.30. The highest BCUT2D eigenvalue weighted by atomic mass is 16.7. The number of ether oxygens (including phenoxy) is 5. The van der Waals surface area contributed by atoms with E-state index in [0.29, 0.717) is 24.3 Å². The van der Waals surface area contributed by atoms with Crippen LogP contribution < -0.4 is 5.73 Å². The number of Topliss-reactive ketones (excluding diaryl/α,β-unsaturated/α-hetero) is 2. The molecule has 16 nitrogen and oxygen atoms in total. The van der Waals surface area contributed by atoms with Gasteiger partial charge in [-0.2, -0.15) is 0 Å². The number of carbonyl (C=O) groups excluding carboxylic acids is 4. The number of aliphatic hydroxyl groups is 1. The van der Waals surface area contributed by atoms with Gasteiger partial charge in [0, 0.05) is 48.7 Å². The number of fused-ring (bicyclic) bond motifs is 1. The van der Waals surface area contributed by atoms with Crippen LogP contribution >= 0.6 is 0 Å². The Kier molecular flexibility index (Phi) is 14.4. The number of carbonyl (C=O) groups is 4. The number of nitrogen functional groups attached to an aromatic ring is 1. The lowest BCUT2D eigenvalue weighted by Crippen LogP contribution is -2.60. The predicted octanol–water partition coefficient (Wildman–Crippen LogP) is 4.29. The SMILES string of the molecule is CC[C@H]1OC(=O)[C@H](C)C(=O)[C@H](C)[C@@H](O[C@@H]2O[C@H](C)CC(N(C)C)C2O)[C@](C)(OC)C[C@@H](C)C(=O)[C@H](C)[C@H]2N(C/C=C/Cn3cc(-c4cccc(N)c4)nn3)C(=O)O[C@]12C. The lowest BCUT2D eigenvalue weighted by molar-refractivity contribution is -0.295. The fourth-order valence-electron chi connectivity index (χ4n) is 9.26. The summed E-state index contributed by atoms with van der Waals surface area (Å²) in [5, 5.41) is 19.9. The molecule has 0 bridgehead atoms. The van der Waals surface area contributed by atoms with Gasteiger partial charge in [0.25, 0.3) is 0 Å². The Morgan fingerprint density at radius 1 is 1.03 bits per heavy atom. The monoisotopic (exact) mass is 824 g/mol. The minimum Gasteiger partial charge on any atom is -0.458 e. The summed E-state index contributed by atoms with van der Waals surface area (Å²) in [5.74, 6) is -5.15. The number of benzene rings is 1. The zero-order valence-corrected chi connectivity index (χ0v) is 36.4. The summed E-state index contributed by atoms with van der Waals surface area (Å²) in [6.45, 7) is 14.2. The fourth-order valence-corrected chi connectivity index (χ4v) is 9.26. The van der Waals surface area contributed by atoms with Gasteiger partial charge in [0.1, 0.15) is 29.6 Å². The van der Waals surface area contributed by atoms with Crippen LogP contribution in [0.3, 0.4) is 0 Å². The van der Waals surface area contributed by atoms with E-state index in [2.05, 4.69) is 10.3 Å². The summed E-state index contributed by atoms with van der Waals surface area (Å²) in [4.78, 5) is 60.2. The Balaban J connectivity index is 1.46. The molecule has 3 saturated heterocycles. The van der Waals surface area contributed by atoms with E-state index < -0.39 is 83.4 Å². The van der Waals surface area contributed by atoms with Gasteiger partial charge in [0.05, 0.1) is 36.6 Å². The van der Waals surface area contributed by atoms with Crippen LogP contribution in [0, 0.1) is 23.7 Å². The van der Waals surface area contributed by atoms with E-state index in [1.807, 2.05) is 50.2 Å². The number of esters is 1. The topological polar surface area (TPSA) is 198 Å². The molecule has 1 amide bonds. The highest BCUT2D eigenvalue weighted by Crippen LogP contribution is 2.43. The molecule has 3 N–H and O–H groups in total. The number of hydrogen-bond donors (Lipinski definition) is 2. The fraction of sp³-hybridized carbons (Fsp3) is 0.674. The molecule has 1 aromatic heterocycles. The number of anilines is 1. The maximum atomic E-state index is 14.7. The van der Waals surface area contributed by atoms with Crippen LogP contribution in [0.15, 0.2) is 42.6 Å². The van der Waals surface area contributed by atoms with Crippen molar-refractivity contribution in [2.45, 2.75) is 135 Å². The van der Waals surface area contributed by atoms with E-state index in [4.69, 9.17) is 29.4 Å². The van der Waals surface area contributed by atoms with E-state index in [1.54, 1.807) is 64.6 Å². The van der Waals surface area contributed by atoms with Gasteiger partial charge in [0.2, 0.25) is 0 Å². The first-order chi connectivity index (χ1) is 27.8. The number of rotatable bonds is 10. The van der Waals surface area contributed by atoms with E-state index in [9.17, 15) is 24.3 Å². The zero-order valence-electron chi connectivity index (χ0n) is 36.4. The van der Waals surface area contributed by atoms with Crippen molar-refractivity contribution >= 4 is 29.3 Å². The molecule has 2 aromatic rings. The van der Waals surface area contributed by atoms with Crippen molar-refractivity contribution in [3.63, 3.8) is 0 Å². The standard InChI is InChI=1S/C43H64N6O10/c1-12-33-43(8)37(49(41(54)59-43)19-14-13-18-48-23-31(45-46-48)29-16-15-17-30(44)21-29)26(4)34(50)24(2)22-42(7,55-11)38(27(5)35(51)28(6)39(53)57-33)58-40-36(52)32(47(9)10)20-25(3)56-40/h13-17,21,23-28,32-33,36-38,40,52H,12,18-20,22,44H2,1-11H3/b14-13+/t24-,25-,26+,27+,28-,32?,33-,36?,37-,38-,40+,42-,43-/m1/s1. The van der Waals surface area contributed by atoms with Crippen molar-refractivity contribution < 1.29 is 48.0 Å². The molecule has 59 heavy (non-hydrogen) atoms. The van der Waals surface area contributed by atoms with Gasteiger partial charge in [-0.15, -0.1) is 5.10 Å². The van der Waals surface area contributed by atoms with Crippen LogP contribution in [0.4, 0.5) is 10.5 Å². The molecule has 5 rings (SSSR count). The van der Waals surface area contributed by atoms with E-state index >= 15 is 0 Å². The lowest BCUT2D eigenvalue weighted by atomic mass is 9.73. The van der Waals surface area contributed by atoms with Crippen molar-refractivity contribution in [3.05, 3.63) is 42.6 Å². The smallest absolute Gasteiger partial charge is 0.411 e. The molecule has 16 heteroatoms. The van der Waals surface area contributed by atoms with Crippen LogP contribution in [-0.2, 0) is 44.6 Å². The first-order valence-electron chi connectivity index (χ1n) is 20.6. The normalized spacial score (nSPS) is 36.4. The van der Waals surface area contributed by atoms with Crippen molar-refractivity contribution in [2.24, 2.45) is 23.7 Å². The maximum Gasteiger partial charge on any atom is 0.411 e. The summed E-state index contributed by atoms with van der Waals surface area (Å²) < 4.78 is 32.8. The van der Waals surface area contributed by atoms with Gasteiger partial charge in [-0.25, -0.2) is 9.48 Å². The van der Waals surface area contributed by atoms with E-state index in [-0.39, 0.29) is 37.3 Å². The Labute approximate surface area is 347 Å². The molecule has 0 spiro atoms. The zero-order chi connectivity index (χ0) is 43.6. The van der Waals surface area contributed by atoms with Crippen molar-refractivity contribution in [1.82, 2.24) is 24.8 Å². The van der Waals surface area contributed by atoms with Gasteiger partial charge < -0.3 is 39.4 Å². The van der Waals surface area contributed by atoms with Crippen molar-refractivity contribution in [3.8, 4) is 11.3 Å². The van der Waals surface area contributed by atoms with Crippen LogP contribution in [0.25, 0.3) is 11.3 Å². The van der Waals surface area contributed by atoms with Gasteiger partial charge in [-0.3, -0.25) is 19.3 Å². The molecule has 3 fully saturated rings. The summed E-state index contributed by atoms with van der Waals surface area (Å²) in [6, 6.07) is 6.20. The van der Waals surface area contributed by atoms with Gasteiger partial charge in [-0.05, 0) is 73.2 Å². The number of aliphatic hydroxyl groups excluding tert-OH is 1. The first-order valence-corrected chi connectivity index (χ1v) is 20.6. The molecular formula is C43H64N6O10. The number of methoxy groups -OCH3 is 1. The number of likely N-dealkylation sites (N-methyl/N-ethyl adjacent to an activating group) is 1. The van der Waals surface area contributed by atoms with Crippen LogP contribution in [-0.4, -0.2) is 135 Å². The van der Waals surface area contributed by atoms with Crippen molar-refractivity contribution in [2.75, 3.05) is 33.5 Å². The highest BCUT2D eigenvalue weighted by Gasteiger charge is 2.60. The van der Waals surface area contributed by atoms with E-state index in [0.717, 1.165) is 5.56 Å². The number of nitrogens with two attached hydrogens (primary N) is 1. The molecule has 326 valence electrons. The third-order valence-electron chi connectivity index (χ3n) is 12.6. The largest absolute Gasteiger partial charge is 0.458 e. The first kappa shape index (κ1) is 45.9. The van der Waals surface area contributed by atoms with Crippen molar-refractivity contribution in [1.29, 1.82) is 0 Å². The van der Waals surface area contributed by atoms with Crippen LogP contribution in [0.2, 0.25) is 0 Å². The Hall–Kier alpha value is -4.22. The quantitative estimate of drug-likeness (QED) is 0.149. The molecule has 0 saturated carbocycles. The Morgan fingerprint density at radius 2 is 1.73 bits per heavy atom. The van der Waals surface area contributed by atoms with Crippen LogP contribution in [0.1, 0.15) is 74.7 Å². The van der Waals surface area contributed by atoms with Crippen LogP contribution in [0.5, 0.6) is 0 Å². The summed E-state index contributed by atoms with van der Waals surface area (Å²) >= 11 is 0. The number of hydrogen-bond acceptors (Lipinski definition) is 14. The molecule has 13 atom stereocenters. The molecule has 0 aliphatic carbocycles. The molecule has 2 unspecified atom stereocenters. The Bertz CT molecular complexity index is 1850. The molecule has 1 aromatic carbocycles. The highest BCUT2D eigenvalue weighted by molar-refractivity contribution is 6.00. The maximum absolute atomic E-state index is 14.7. The number of cyclic esters (lactones) is 1. The Morgan fingerprint density at radius 3 is 2.37 bits per heavy atom. The average molecular weight is 825 g/mol. The number of ketones is 2. The number of allylic oxidation sites excluding steroid dienone is 1. The van der Waals surface area contributed by atoms with Gasteiger partial charge in [-0.1, -0.05) is 57.2 Å². The predicted molar refractivity (Wildman–Crippen MR) is 219 cm³/mol. The number of amides is 1. The lowest BCUT2D eigenvalue weighted by Gasteiger charge is -2.47. The van der Waals surface area contributed by atoms with E-state index in [1.165, 1.54) is 18.9 Å². The summed E-state index contributed by atoms with van der Waals surface area (Å²) in [7, 11) is 5.21. The third kappa shape index (κ3) is 9.57. The molecule has 4 heterocycles. The third-order valence-corrected chi connectivity index (χ3v) is 12.6. The second-order valence-corrected chi connectivity index (χ2v) is 17.3. The van der Waals surface area contributed by atoms with Gasteiger partial charge in [0.15, 0.2) is 17.7 Å². The summed E-state index contributed by atoms with van der Waals surface area (Å²) in [6.07, 6.45) is 1.14. The number of nitrogens with zero attached hydrogens (tertiary/aromatic N) is 5.